The first-order chi connectivity index (χ1) is 13.3. The molecule has 0 bridgehead atoms. The lowest BCUT2D eigenvalue weighted by Gasteiger charge is -2.32. The summed E-state index contributed by atoms with van der Waals surface area (Å²) in [5, 5.41) is 0. The Morgan fingerprint density at radius 1 is 0.963 bits per heavy atom. The SMILES string of the molecule is Fc1cccc(Oc2cc(N3CCC(Cc4ccccc4)CC3)ncn2)c1. The van der Waals surface area contributed by atoms with Crippen LogP contribution in [0, 0.1) is 11.7 Å². The molecular formula is C22H22FN3O. The maximum atomic E-state index is 13.3. The minimum Gasteiger partial charge on any atom is -0.439 e. The van der Waals surface area contributed by atoms with E-state index in [9.17, 15) is 4.39 Å². The van der Waals surface area contributed by atoms with Crippen molar-refractivity contribution in [1.29, 1.82) is 0 Å². The van der Waals surface area contributed by atoms with Gasteiger partial charge in [0.05, 0.1) is 0 Å². The van der Waals surface area contributed by atoms with Gasteiger partial charge in [-0.2, -0.15) is 0 Å². The predicted octanol–water partition coefficient (Wildman–Crippen LogP) is 4.87. The smallest absolute Gasteiger partial charge is 0.224 e. The maximum absolute atomic E-state index is 13.3. The molecular weight excluding hydrogens is 341 g/mol. The Kier molecular flexibility index (Phi) is 5.28. The van der Waals surface area contributed by atoms with E-state index in [-0.39, 0.29) is 5.82 Å². The van der Waals surface area contributed by atoms with Crippen molar-refractivity contribution >= 4 is 5.82 Å². The van der Waals surface area contributed by atoms with Crippen LogP contribution in [0.15, 0.2) is 67.0 Å². The Balaban J connectivity index is 1.37. The molecule has 27 heavy (non-hydrogen) atoms. The summed E-state index contributed by atoms with van der Waals surface area (Å²) in [6, 6.07) is 18.5. The van der Waals surface area contributed by atoms with Crippen LogP contribution in [0.3, 0.4) is 0 Å². The van der Waals surface area contributed by atoms with E-state index in [0.29, 0.717) is 17.5 Å². The molecule has 2 aromatic carbocycles. The zero-order chi connectivity index (χ0) is 18.5. The highest BCUT2D eigenvalue weighted by Crippen LogP contribution is 2.27. The number of rotatable bonds is 5. The highest BCUT2D eigenvalue weighted by Gasteiger charge is 2.21. The van der Waals surface area contributed by atoms with Crippen LogP contribution < -0.4 is 9.64 Å². The Labute approximate surface area is 158 Å². The number of piperidine rings is 1. The summed E-state index contributed by atoms with van der Waals surface area (Å²) in [7, 11) is 0. The Morgan fingerprint density at radius 3 is 2.56 bits per heavy atom. The second-order valence-electron chi connectivity index (χ2n) is 6.89. The number of hydrogen-bond donors (Lipinski definition) is 0. The van der Waals surface area contributed by atoms with Gasteiger partial charge in [0, 0.05) is 25.2 Å². The number of nitrogens with zero attached hydrogens (tertiary/aromatic N) is 3. The first kappa shape index (κ1) is 17.5. The number of benzene rings is 2. The lowest BCUT2D eigenvalue weighted by atomic mass is 9.90. The van der Waals surface area contributed by atoms with Crippen LogP contribution in [-0.2, 0) is 6.42 Å². The van der Waals surface area contributed by atoms with Crippen LogP contribution >= 0.6 is 0 Å². The van der Waals surface area contributed by atoms with Gasteiger partial charge in [0.2, 0.25) is 5.88 Å². The lowest BCUT2D eigenvalue weighted by molar-refractivity contribution is 0.401. The zero-order valence-electron chi connectivity index (χ0n) is 15.1. The number of aromatic nitrogens is 2. The van der Waals surface area contributed by atoms with Gasteiger partial charge in [-0.3, -0.25) is 0 Å². The molecule has 138 valence electrons. The highest BCUT2D eigenvalue weighted by atomic mass is 19.1. The minimum absolute atomic E-state index is 0.331. The van der Waals surface area contributed by atoms with Crippen molar-refractivity contribution in [2.24, 2.45) is 5.92 Å². The fourth-order valence-electron chi connectivity index (χ4n) is 3.52. The van der Waals surface area contributed by atoms with Crippen molar-refractivity contribution in [3.05, 3.63) is 78.4 Å². The van der Waals surface area contributed by atoms with Crippen LogP contribution in [0.2, 0.25) is 0 Å². The van der Waals surface area contributed by atoms with Crippen LogP contribution in [-0.4, -0.2) is 23.1 Å². The zero-order valence-corrected chi connectivity index (χ0v) is 15.1. The molecule has 0 amide bonds. The van der Waals surface area contributed by atoms with Gasteiger partial charge in [0.25, 0.3) is 0 Å². The third kappa shape index (κ3) is 4.61. The van der Waals surface area contributed by atoms with Gasteiger partial charge < -0.3 is 9.64 Å². The van der Waals surface area contributed by atoms with E-state index >= 15 is 0 Å². The van der Waals surface area contributed by atoms with Gasteiger partial charge in [-0.15, -0.1) is 0 Å². The molecule has 0 spiro atoms. The molecule has 2 heterocycles. The molecule has 0 aliphatic carbocycles. The van der Waals surface area contributed by atoms with E-state index in [1.807, 2.05) is 6.07 Å². The molecule has 4 nitrogen and oxygen atoms in total. The monoisotopic (exact) mass is 363 g/mol. The molecule has 0 radical (unpaired) electrons. The normalized spacial score (nSPS) is 14.9. The number of ether oxygens (including phenoxy) is 1. The van der Waals surface area contributed by atoms with Crippen LogP contribution in [0.1, 0.15) is 18.4 Å². The summed E-state index contributed by atoms with van der Waals surface area (Å²) in [6.45, 7) is 1.93. The van der Waals surface area contributed by atoms with E-state index in [1.165, 1.54) is 24.0 Å². The Morgan fingerprint density at radius 2 is 1.78 bits per heavy atom. The van der Waals surface area contributed by atoms with E-state index in [0.717, 1.165) is 38.2 Å². The fourth-order valence-corrected chi connectivity index (χ4v) is 3.52. The van der Waals surface area contributed by atoms with Gasteiger partial charge in [0.1, 0.15) is 23.7 Å². The summed E-state index contributed by atoms with van der Waals surface area (Å²) < 4.78 is 19.0. The van der Waals surface area contributed by atoms with E-state index in [2.05, 4.69) is 45.2 Å². The second-order valence-corrected chi connectivity index (χ2v) is 6.89. The third-order valence-corrected chi connectivity index (χ3v) is 4.95. The largest absolute Gasteiger partial charge is 0.439 e. The van der Waals surface area contributed by atoms with Crippen molar-refractivity contribution in [2.45, 2.75) is 19.3 Å². The molecule has 0 unspecified atom stereocenters. The highest BCUT2D eigenvalue weighted by molar-refractivity contribution is 5.42. The molecule has 0 saturated carbocycles. The molecule has 0 atom stereocenters. The van der Waals surface area contributed by atoms with Gasteiger partial charge in [0.15, 0.2) is 0 Å². The van der Waals surface area contributed by atoms with Gasteiger partial charge in [-0.25, -0.2) is 14.4 Å². The van der Waals surface area contributed by atoms with Crippen molar-refractivity contribution in [3.8, 4) is 11.6 Å². The average molecular weight is 363 g/mol. The first-order valence-electron chi connectivity index (χ1n) is 9.30. The van der Waals surface area contributed by atoms with E-state index < -0.39 is 0 Å². The van der Waals surface area contributed by atoms with Crippen LogP contribution in [0.4, 0.5) is 10.2 Å². The molecule has 1 fully saturated rings. The van der Waals surface area contributed by atoms with Gasteiger partial charge >= 0.3 is 0 Å². The quantitative estimate of drug-likeness (QED) is 0.648. The predicted molar refractivity (Wildman–Crippen MR) is 104 cm³/mol. The summed E-state index contributed by atoms with van der Waals surface area (Å²) in [6.07, 6.45) is 4.91. The molecule has 1 aromatic heterocycles. The second kappa shape index (κ2) is 8.16. The van der Waals surface area contributed by atoms with Crippen molar-refractivity contribution < 1.29 is 9.13 Å². The summed E-state index contributed by atoms with van der Waals surface area (Å²) in [5.74, 6) is 2.09. The fraction of sp³-hybridized carbons (Fsp3) is 0.273. The first-order valence-corrected chi connectivity index (χ1v) is 9.30. The molecule has 4 rings (SSSR count). The van der Waals surface area contributed by atoms with Crippen LogP contribution in [0.5, 0.6) is 11.6 Å². The molecule has 1 aliphatic rings. The summed E-state index contributed by atoms with van der Waals surface area (Å²) >= 11 is 0. The summed E-state index contributed by atoms with van der Waals surface area (Å²) in [5.41, 5.74) is 1.41. The summed E-state index contributed by atoms with van der Waals surface area (Å²) in [4.78, 5) is 10.8. The van der Waals surface area contributed by atoms with Crippen molar-refractivity contribution in [3.63, 3.8) is 0 Å². The minimum atomic E-state index is -0.331. The molecule has 1 saturated heterocycles. The van der Waals surface area contributed by atoms with Gasteiger partial charge in [-0.1, -0.05) is 36.4 Å². The molecule has 1 aliphatic heterocycles. The van der Waals surface area contributed by atoms with Crippen molar-refractivity contribution in [2.75, 3.05) is 18.0 Å². The van der Waals surface area contributed by atoms with Gasteiger partial charge in [-0.05, 0) is 42.9 Å². The maximum Gasteiger partial charge on any atom is 0.224 e. The topological polar surface area (TPSA) is 38.2 Å². The molecule has 0 N–H and O–H groups in total. The number of halogens is 1. The Bertz CT molecular complexity index is 879. The Hall–Kier alpha value is -2.95. The molecule has 3 aromatic rings. The van der Waals surface area contributed by atoms with Crippen LogP contribution in [0.25, 0.3) is 0 Å². The van der Waals surface area contributed by atoms with E-state index in [4.69, 9.17) is 4.74 Å². The average Bonchev–Trinajstić information content (AvgIpc) is 2.70. The third-order valence-electron chi connectivity index (χ3n) is 4.95. The standard InChI is InChI=1S/C22H22FN3O/c23-19-7-4-8-20(14-19)27-22-15-21(24-16-25-22)26-11-9-18(10-12-26)13-17-5-2-1-3-6-17/h1-8,14-16,18H,9-13H2. The number of hydrogen-bond acceptors (Lipinski definition) is 4. The molecule has 5 heteroatoms. The lowest BCUT2D eigenvalue weighted by Crippen LogP contribution is -2.34. The number of anilines is 1. The van der Waals surface area contributed by atoms with E-state index in [1.54, 1.807) is 12.1 Å². The van der Waals surface area contributed by atoms with Crippen molar-refractivity contribution in [1.82, 2.24) is 9.97 Å².